The SMILES string of the molecule is COc1ccc2c3oc(=O)c(Sc4cccc(F)c4)c(O)c3c(=O)n(-c3ccccc3)c2c1.O=c1oc2c(c(O)c1Br)c(=O)n(Cc1ccc(F)cc1)c1ccc(N3CCOCC3)cc21.O=c1oc2c(c(O)c1Sc1cccc(Cl)c1)c(=O)n(Cc1ccc(F)cc1)c1ccc(N3CCOCC3)cc21.O=c1oc2cc(-c3ccccc3)n(-c3ccc(O)cc3)c(=O)c2c(O)c1Sc1cccc(F)c1. The van der Waals surface area contributed by atoms with Gasteiger partial charge in [-0.05, 0) is 196 Å². The first-order valence-corrected chi connectivity index (χ1v) is 46.0. The highest BCUT2D eigenvalue weighted by Crippen LogP contribution is 2.44. The second kappa shape index (κ2) is 39.9. The highest BCUT2D eigenvalue weighted by molar-refractivity contribution is 9.10. The van der Waals surface area contributed by atoms with Crippen LogP contribution in [0.25, 0.3) is 99.2 Å². The van der Waals surface area contributed by atoms with E-state index in [1.165, 1.54) is 104 Å². The number of hydrogen-bond donors (Lipinski definition) is 5. The van der Waals surface area contributed by atoms with Gasteiger partial charge in [-0.1, -0.05) is 138 Å². The first-order valence-electron chi connectivity index (χ1n) is 42.3. The Morgan fingerprint density at radius 1 is 0.377 bits per heavy atom. The third-order valence-electron chi connectivity index (χ3n) is 22.7. The number of aromatic hydroxyl groups is 5. The molecule has 138 heavy (non-hydrogen) atoms. The third-order valence-corrected chi connectivity index (χ3v) is 26.8. The summed E-state index contributed by atoms with van der Waals surface area (Å²) in [6, 6.07) is 71.2. The van der Waals surface area contributed by atoms with Crippen LogP contribution in [0.1, 0.15) is 11.1 Å². The topological polar surface area (TPSA) is 344 Å². The van der Waals surface area contributed by atoms with Gasteiger partial charge in [0, 0.05) is 96.9 Å². The number of ether oxygens (including phenoxy) is 3. The third kappa shape index (κ3) is 19.0. The van der Waals surface area contributed by atoms with Gasteiger partial charge in [0.05, 0.1) is 68.9 Å². The predicted molar refractivity (Wildman–Crippen MR) is 524 cm³/mol. The molecule has 8 aromatic heterocycles. The normalized spacial score (nSPS) is 12.7. The first kappa shape index (κ1) is 93.1. The van der Waals surface area contributed by atoms with Crippen molar-refractivity contribution in [3.63, 3.8) is 0 Å². The van der Waals surface area contributed by atoms with Crippen LogP contribution >= 0.6 is 62.8 Å². The molecule has 5 N–H and O–H groups in total. The summed E-state index contributed by atoms with van der Waals surface area (Å²) < 4.78 is 98.2. The molecule has 21 rings (SSSR count). The lowest BCUT2D eigenvalue weighted by Crippen LogP contribution is -2.36. The van der Waals surface area contributed by atoms with Crippen molar-refractivity contribution in [2.45, 2.75) is 42.5 Å². The lowest BCUT2D eigenvalue weighted by Gasteiger charge is -2.29. The summed E-state index contributed by atoms with van der Waals surface area (Å²) in [4.78, 5) is 111. The van der Waals surface area contributed by atoms with E-state index >= 15 is 0 Å². The maximum Gasteiger partial charge on any atom is 0.354 e. The molecule has 10 heterocycles. The lowest BCUT2D eigenvalue weighted by molar-refractivity contribution is 0.122. The van der Waals surface area contributed by atoms with Gasteiger partial charge in [-0.3, -0.25) is 28.3 Å². The molecular weight excluding hydrogens is 1930 g/mol. The molecule has 2 aliphatic heterocycles. The smallest absolute Gasteiger partial charge is 0.354 e. The number of nitrogens with zero attached hydrogens (tertiary/aromatic N) is 6. The van der Waals surface area contributed by atoms with E-state index in [1.807, 2.05) is 36.4 Å². The van der Waals surface area contributed by atoms with Gasteiger partial charge in [0.2, 0.25) is 0 Å². The summed E-state index contributed by atoms with van der Waals surface area (Å²) in [6.45, 7) is 5.45. The Morgan fingerprint density at radius 2 is 0.804 bits per heavy atom. The van der Waals surface area contributed by atoms with Crippen LogP contribution in [0.4, 0.5) is 28.9 Å². The summed E-state index contributed by atoms with van der Waals surface area (Å²) in [5, 5.41) is 55.1. The molecule has 0 atom stereocenters. The number of hydrogen-bond acceptors (Lipinski definition) is 25. The minimum atomic E-state index is -0.847. The van der Waals surface area contributed by atoms with Crippen molar-refractivity contribution in [2.24, 2.45) is 0 Å². The fourth-order valence-electron chi connectivity index (χ4n) is 16.2. The van der Waals surface area contributed by atoms with Crippen LogP contribution in [-0.4, -0.2) is 104 Å². The average molecular weight is 2000 g/mol. The molecule has 0 aliphatic carbocycles. The van der Waals surface area contributed by atoms with E-state index in [-0.39, 0.29) is 93.5 Å². The number of benzene rings is 11. The number of rotatable bonds is 16. The Balaban J connectivity index is 0.000000123. The van der Waals surface area contributed by atoms with Crippen molar-refractivity contribution in [2.75, 3.05) is 69.5 Å². The summed E-state index contributed by atoms with van der Waals surface area (Å²) in [7, 11) is 1.51. The minimum absolute atomic E-state index is 0.0124. The van der Waals surface area contributed by atoms with Crippen LogP contribution < -0.4 is 59.3 Å². The molecule has 2 aliphatic rings. The molecule has 26 nitrogen and oxygen atoms in total. The van der Waals surface area contributed by atoms with Crippen LogP contribution in [0.15, 0.2) is 357 Å². The molecule has 694 valence electrons. The number of methoxy groups -OCH3 is 1. The van der Waals surface area contributed by atoms with E-state index in [0.29, 0.717) is 145 Å². The summed E-state index contributed by atoms with van der Waals surface area (Å²) in [5.41, 5.74) is 1.25. The van der Waals surface area contributed by atoms with Crippen molar-refractivity contribution in [1.29, 1.82) is 0 Å². The summed E-state index contributed by atoms with van der Waals surface area (Å²) >= 11 is 11.7. The fraction of sp³-hybridized carbons (Fsp3) is 0.107. The number of morpholine rings is 2. The van der Waals surface area contributed by atoms with E-state index in [4.69, 9.17) is 43.5 Å². The summed E-state index contributed by atoms with van der Waals surface area (Å²) in [6.07, 6.45) is 0. The van der Waals surface area contributed by atoms with Gasteiger partial charge in [-0.25, -0.2) is 36.7 Å². The first-order chi connectivity index (χ1) is 66.7. The van der Waals surface area contributed by atoms with Crippen molar-refractivity contribution < 1.29 is 75.0 Å². The van der Waals surface area contributed by atoms with E-state index in [1.54, 1.807) is 152 Å². The van der Waals surface area contributed by atoms with Crippen molar-refractivity contribution in [3.05, 3.63) is 394 Å². The molecule has 0 spiro atoms. The maximum atomic E-state index is 13.9. The fourth-order valence-corrected chi connectivity index (χ4v) is 19.3. The molecule has 35 heteroatoms. The number of anilines is 2. The average Bonchev–Trinajstić information content (AvgIpc) is 0.740. The Bertz CT molecular complexity index is 8560. The van der Waals surface area contributed by atoms with E-state index in [0.717, 1.165) is 46.7 Å². The largest absolute Gasteiger partial charge is 0.508 e. The lowest BCUT2D eigenvalue weighted by atomic mass is 10.1. The molecule has 0 unspecified atom stereocenters. The molecule has 0 radical (unpaired) electrons. The number of phenolic OH excluding ortho intramolecular Hbond substituents is 1. The van der Waals surface area contributed by atoms with Crippen LogP contribution in [0.3, 0.4) is 0 Å². The van der Waals surface area contributed by atoms with Gasteiger partial charge in [0.1, 0.15) is 81.1 Å². The van der Waals surface area contributed by atoms with E-state index < -0.39 is 79.4 Å². The quantitative estimate of drug-likeness (QED) is 0.0443. The predicted octanol–water partition coefficient (Wildman–Crippen LogP) is 19.7. The Hall–Kier alpha value is -15.3. The highest BCUT2D eigenvalue weighted by atomic mass is 79.9. The van der Waals surface area contributed by atoms with Crippen LogP contribution in [0, 0.1) is 23.3 Å². The number of pyridine rings is 4. The number of fused-ring (bicyclic) bond motifs is 10. The Kier molecular flexibility index (Phi) is 26.9. The van der Waals surface area contributed by atoms with Crippen LogP contribution in [0.2, 0.25) is 5.02 Å². The van der Waals surface area contributed by atoms with Crippen molar-refractivity contribution >= 4 is 151 Å². The van der Waals surface area contributed by atoms with Crippen molar-refractivity contribution in [3.8, 4) is 57.1 Å². The standard InChI is InChI=1S/C29H22ClFN2O5S.C26H16FNO5S.C25H16FNO5S.C23H18BrFN2O5/c30-18-2-1-3-21(14-18)39-27-25(34)24-26(38-29(27)36)22-15-20(32-10-12-37-13-11-32)8-9-23(22)33(28(24)35)16-17-4-6-19(31)7-5-17;27-16-7-4-8-19(13-16)34-24-23(30)22-21(33-26(24)32)14-20(15-5-2-1-3-6-15)28(25(22)31)17-9-11-18(29)12-10-17;1-31-16-10-11-18-19(13-16)27(15-7-3-2-4-8-15)24(29)20-21(28)23(25(30)32-22(18)20)33-17-9-5-6-14(26)12-17;24-19-20(28)18-21(32-23(19)30)16-11-15(26-7-9-31-10-8-26)5-6-17(16)27(22(18)29)12-13-1-3-14(25)4-2-13/h1-9,14-15,34H,10-13,16H2;1-14,29-30H;2-13,28H,1H3;1-6,11,28H,7-10,12H2. The minimum Gasteiger partial charge on any atom is -0.508 e. The number of phenols is 1. The molecule has 0 amide bonds. The highest BCUT2D eigenvalue weighted by Gasteiger charge is 2.30. The second-order valence-corrected chi connectivity index (χ2v) is 35.8. The zero-order valence-corrected chi connectivity index (χ0v) is 76.8. The van der Waals surface area contributed by atoms with Crippen LogP contribution in [-0.2, 0) is 22.6 Å². The maximum absolute atomic E-state index is 13.9. The molecule has 19 aromatic rings. The van der Waals surface area contributed by atoms with Crippen molar-refractivity contribution in [1.82, 2.24) is 18.3 Å². The Labute approximate surface area is 801 Å². The number of aromatic nitrogens is 4. The number of halogens is 6. The van der Waals surface area contributed by atoms with Gasteiger partial charge in [0.15, 0.2) is 39.7 Å². The monoisotopic (exact) mass is 2000 g/mol. The van der Waals surface area contributed by atoms with Crippen LogP contribution in [0.5, 0.6) is 34.5 Å². The van der Waals surface area contributed by atoms with Gasteiger partial charge in [0.25, 0.3) is 22.2 Å². The molecule has 0 saturated carbocycles. The molecular formula is C103H72BrClF4N6O20S3. The van der Waals surface area contributed by atoms with E-state index in [2.05, 4.69) is 25.7 Å². The number of para-hydroxylation sites is 1. The summed E-state index contributed by atoms with van der Waals surface area (Å²) in [5.74, 6) is -3.18. The van der Waals surface area contributed by atoms with Gasteiger partial charge in [-0.15, -0.1) is 0 Å². The van der Waals surface area contributed by atoms with E-state index in [9.17, 15) is 81.5 Å². The second-order valence-electron chi connectivity index (χ2n) is 31.3. The molecule has 0 bridgehead atoms. The zero-order chi connectivity index (χ0) is 96.4. The molecule has 11 aromatic carbocycles. The zero-order valence-electron chi connectivity index (χ0n) is 72.0. The Morgan fingerprint density at radius 3 is 1.30 bits per heavy atom. The molecule has 2 fully saturated rings. The van der Waals surface area contributed by atoms with Gasteiger partial charge < -0.3 is 76.3 Å². The van der Waals surface area contributed by atoms with Gasteiger partial charge >= 0.3 is 22.5 Å². The molecule has 2 saturated heterocycles. The van der Waals surface area contributed by atoms with Gasteiger partial charge in [-0.2, -0.15) is 0 Å².